The largest absolute Gasteiger partial charge is 0.495 e. The van der Waals surface area contributed by atoms with E-state index in [2.05, 4.69) is 94.8 Å². The zero-order valence-corrected chi connectivity index (χ0v) is 17.6. The van der Waals surface area contributed by atoms with E-state index in [1.807, 2.05) is 12.1 Å². The predicted octanol–water partition coefficient (Wildman–Crippen LogP) is 6.75. The molecule has 3 aromatic rings. The minimum absolute atomic E-state index is 0.0368. The van der Waals surface area contributed by atoms with Crippen LogP contribution >= 0.6 is 0 Å². The van der Waals surface area contributed by atoms with Crippen LogP contribution in [-0.4, -0.2) is 11.7 Å². The van der Waals surface area contributed by atoms with Gasteiger partial charge < -0.3 is 9.30 Å². The van der Waals surface area contributed by atoms with Gasteiger partial charge in [0.05, 0.1) is 18.5 Å². The van der Waals surface area contributed by atoms with E-state index in [4.69, 9.17) is 4.74 Å². The molecule has 0 N–H and O–H groups in total. The van der Waals surface area contributed by atoms with E-state index in [-0.39, 0.29) is 10.8 Å². The highest BCUT2D eigenvalue weighted by Crippen LogP contribution is 2.41. The molecule has 0 fully saturated rings. The van der Waals surface area contributed by atoms with Crippen LogP contribution in [0.2, 0.25) is 0 Å². The van der Waals surface area contributed by atoms with Crippen LogP contribution in [0.3, 0.4) is 0 Å². The molecule has 0 aliphatic rings. The standard InChI is InChI=1S/C25H31NO/c1-24(2,3)19-13-10-12-18(23(19)25(4,5)6)20-15-11-17-26(20)21-14-8-9-16-22(21)27-7/h8-17H,1-7H3. The molecule has 1 heterocycles. The third-order valence-electron chi connectivity index (χ3n) is 4.99. The maximum absolute atomic E-state index is 5.61. The van der Waals surface area contributed by atoms with Crippen LogP contribution < -0.4 is 4.74 Å². The number of rotatable bonds is 3. The molecule has 2 aromatic carbocycles. The third kappa shape index (κ3) is 3.66. The van der Waals surface area contributed by atoms with Crippen LogP contribution in [0.15, 0.2) is 60.8 Å². The third-order valence-corrected chi connectivity index (χ3v) is 4.99. The summed E-state index contributed by atoms with van der Waals surface area (Å²) in [7, 11) is 1.73. The second-order valence-corrected chi connectivity index (χ2v) is 9.16. The van der Waals surface area contributed by atoms with Crippen LogP contribution in [-0.2, 0) is 10.8 Å². The van der Waals surface area contributed by atoms with Gasteiger partial charge in [-0.2, -0.15) is 0 Å². The summed E-state index contributed by atoms with van der Waals surface area (Å²) in [6, 6.07) is 19.2. The monoisotopic (exact) mass is 361 g/mol. The average Bonchev–Trinajstić information content (AvgIpc) is 3.09. The van der Waals surface area contributed by atoms with Gasteiger partial charge in [-0.05, 0) is 46.2 Å². The first-order chi connectivity index (χ1) is 12.6. The summed E-state index contributed by atoms with van der Waals surface area (Å²) in [5.74, 6) is 0.874. The molecule has 1 aromatic heterocycles. The molecule has 0 radical (unpaired) electrons. The number of nitrogens with zero attached hydrogens (tertiary/aromatic N) is 1. The number of aromatic nitrogens is 1. The Hall–Kier alpha value is -2.48. The van der Waals surface area contributed by atoms with E-state index in [1.165, 1.54) is 22.4 Å². The zero-order valence-electron chi connectivity index (χ0n) is 17.6. The van der Waals surface area contributed by atoms with Crippen molar-refractivity contribution < 1.29 is 4.74 Å². The fourth-order valence-corrected chi connectivity index (χ4v) is 3.84. The first-order valence-electron chi connectivity index (χ1n) is 9.59. The number of benzene rings is 2. The van der Waals surface area contributed by atoms with E-state index in [0.29, 0.717) is 0 Å². The molecule has 2 heteroatoms. The summed E-state index contributed by atoms with van der Waals surface area (Å²) < 4.78 is 7.85. The molecule has 2 nitrogen and oxygen atoms in total. The van der Waals surface area contributed by atoms with Crippen molar-refractivity contribution in [3.05, 3.63) is 71.9 Å². The number of para-hydroxylation sites is 2. The fraction of sp³-hybridized carbons (Fsp3) is 0.360. The highest BCUT2D eigenvalue weighted by molar-refractivity contribution is 5.71. The van der Waals surface area contributed by atoms with Crippen molar-refractivity contribution in [3.63, 3.8) is 0 Å². The quantitative estimate of drug-likeness (QED) is 0.503. The molecule has 0 aliphatic carbocycles. The van der Waals surface area contributed by atoms with Gasteiger partial charge in [-0.15, -0.1) is 0 Å². The second-order valence-electron chi connectivity index (χ2n) is 9.16. The Morgan fingerprint density at radius 3 is 2.07 bits per heavy atom. The second kappa shape index (κ2) is 6.92. The lowest BCUT2D eigenvalue weighted by atomic mass is 9.73. The lowest BCUT2D eigenvalue weighted by Crippen LogP contribution is -2.23. The maximum Gasteiger partial charge on any atom is 0.142 e. The predicted molar refractivity (Wildman–Crippen MR) is 115 cm³/mol. The van der Waals surface area contributed by atoms with Gasteiger partial charge in [0.15, 0.2) is 0 Å². The van der Waals surface area contributed by atoms with Gasteiger partial charge in [0.2, 0.25) is 0 Å². The number of ether oxygens (including phenoxy) is 1. The maximum atomic E-state index is 5.61. The first-order valence-corrected chi connectivity index (χ1v) is 9.59. The van der Waals surface area contributed by atoms with Crippen molar-refractivity contribution >= 4 is 0 Å². The highest BCUT2D eigenvalue weighted by atomic mass is 16.5. The molecule has 0 saturated carbocycles. The Morgan fingerprint density at radius 2 is 1.44 bits per heavy atom. The Kier molecular flexibility index (Phi) is 4.94. The lowest BCUT2D eigenvalue weighted by molar-refractivity contribution is 0.413. The van der Waals surface area contributed by atoms with Crippen LogP contribution in [0.25, 0.3) is 16.9 Å². The van der Waals surface area contributed by atoms with Crippen molar-refractivity contribution in [2.75, 3.05) is 7.11 Å². The van der Waals surface area contributed by atoms with Crippen LogP contribution in [0.1, 0.15) is 52.7 Å². The van der Waals surface area contributed by atoms with Crippen molar-refractivity contribution in [1.29, 1.82) is 0 Å². The summed E-state index contributed by atoms with van der Waals surface area (Å²) >= 11 is 0. The molecule has 0 bridgehead atoms. The molecule has 0 aliphatic heterocycles. The van der Waals surface area contributed by atoms with Gasteiger partial charge in [0.25, 0.3) is 0 Å². The van der Waals surface area contributed by atoms with Crippen LogP contribution in [0, 0.1) is 0 Å². The molecule has 0 saturated heterocycles. The topological polar surface area (TPSA) is 14.2 Å². The van der Waals surface area contributed by atoms with Gasteiger partial charge in [0, 0.05) is 11.8 Å². The Bertz CT molecular complexity index is 935. The molecule has 142 valence electrons. The van der Waals surface area contributed by atoms with Gasteiger partial charge >= 0.3 is 0 Å². The summed E-state index contributed by atoms with van der Waals surface area (Å²) in [6.07, 6.45) is 2.11. The Morgan fingerprint density at radius 1 is 0.741 bits per heavy atom. The summed E-state index contributed by atoms with van der Waals surface area (Å²) in [5, 5.41) is 0. The van der Waals surface area contributed by atoms with E-state index in [9.17, 15) is 0 Å². The van der Waals surface area contributed by atoms with Crippen molar-refractivity contribution in [1.82, 2.24) is 4.57 Å². The zero-order chi connectivity index (χ0) is 19.8. The van der Waals surface area contributed by atoms with Crippen LogP contribution in [0.4, 0.5) is 0 Å². The van der Waals surface area contributed by atoms with Gasteiger partial charge in [-0.25, -0.2) is 0 Å². The number of methoxy groups -OCH3 is 1. The van der Waals surface area contributed by atoms with Gasteiger partial charge in [-0.1, -0.05) is 71.9 Å². The molecule has 3 rings (SSSR count). The van der Waals surface area contributed by atoms with E-state index in [0.717, 1.165) is 11.4 Å². The van der Waals surface area contributed by atoms with Gasteiger partial charge in [0.1, 0.15) is 5.75 Å². The normalized spacial score (nSPS) is 12.3. The van der Waals surface area contributed by atoms with Crippen LogP contribution in [0.5, 0.6) is 5.75 Å². The lowest BCUT2D eigenvalue weighted by Gasteiger charge is -2.32. The summed E-state index contributed by atoms with van der Waals surface area (Å²) in [6.45, 7) is 13.8. The minimum Gasteiger partial charge on any atom is -0.495 e. The van der Waals surface area contributed by atoms with E-state index < -0.39 is 0 Å². The SMILES string of the molecule is COc1ccccc1-n1cccc1-c1cccc(C(C)(C)C)c1C(C)(C)C. The highest BCUT2D eigenvalue weighted by Gasteiger charge is 2.28. The number of hydrogen-bond donors (Lipinski definition) is 0. The molecular weight excluding hydrogens is 330 g/mol. The van der Waals surface area contributed by atoms with Crippen molar-refractivity contribution in [2.45, 2.75) is 52.4 Å². The molecule has 0 spiro atoms. The number of hydrogen-bond acceptors (Lipinski definition) is 1. The summed E-state index contributed by atoms with van der Waals surface area (Å²) in [4.78, 5) is 0. The Balaban J connectivity index is 2.31. The first kappa shape index (κ1) is 19.3. The summed E-state index contributed by atoms with van der Waals surface area (Å²) in [5.41, 5.74) is 6.46. The molecule has 0 atom stereocenters. The molecule has 0 unspecified atom stereocenters. The average molecular weight is 362 g/mol. The molecule has 0 amide bonds. The van der Waals surface area contributed by atoms with Gasteiger partial charge in [-0.3, -0.25) is 0 Å². The van der Waals surface area contributed by atoms with Crippen molar-refractivity contribution in [2.24, 2.45) is 0 Å². The fourth-order valence-electron chi connectivity index (χ4n) is 3.84. The molecular formula is C25H31NO. The minimum atomic E-state index is 0.0368. The van der Waals surface area contributed by atoms with E-state index >= 15 is 0 Å². The Labute approximate surface area is 163 Å². The van der Waals surface area contributed by atoms with Crippen molar-refractivity contribution in [3.8, 4) is 22.7 Å². The van der Waals surface area contributed by atoms with E-state index in [1.54, 1.807) is 7.11 Å². The smallest absolute Gasteiger partial charge is 0.142 e. The molecule has 27 heavy (non-hydrogen) atoms.